The molecule has 0 amide bonds. The van der Waals surface area contributed by atoms with Gasteiger partial charge in [-0.3, -0.25) is 4.90 Å². The number of aliphatic hydroxyl groups excluding tert-OH is 1. The Labute approximate surface area is 110 Å². The molecule has 18 heavy (non-hydrogen) atoms. The fourth-order valence-electron chi connectivity index (χ4n) is 3.26. The molecule has 0 saturated heterocycles. The molecule has 0 radical (unpaired) electrons. The first kappa shape index (κ1) is 12.2. The molecule has 1 unspecified atom stereocenters. The van der Waals surface area contributed by atoms with E-state index in [-0.39, 0.29) is 0 Å². The van der Waals surface area contributed by atoms with Crippen LogP contribution < -0.4 is 0 Å². The van der Waals surface area contributed by atoms with Crippen LogP contribution in [0.5, 0.6) is 0 Å². The zero-order chi connectivity index (χ0) is 12.4. The molecule has 1 aromatic rings. The van der Waals surface area contributed by atoms with Crippen molar-refractivity contribution in [2.45, 2.75) is 44.1 Å². The van der Waals surface area contributed by atoms with Gasteiger partial charge in [0.05, 0.1) is 0 Å². The highest BCUT2D eigenvalue weighted by atomic mass is 16.3. The molecular formula is C16H23NO. The summed E-state index contributed by atoms with van der Waals surface area (Å²) in [6.45, 7) is 2.59. The molecule has 1 aromatic carbocycles. The van der Waals surface area contributed by atoms with E-state index in [2.05, 4.69) is 29.2 Å². The Hall–Kier alpha value is -0.860. The van der Waals surface area contributed by atoms with Gasteiger partial charge in [-0.1, -0.05) is 30.7 Å². The molecule has 2 aliphatic carbocycles. The predicted molar refractivity (Wildman–Crippen MR) is 73.8 cm³/mol. The highest BCUT2D eigenvalue weighted by molar-refractivity contribution is 5.40. The van der Waals surface area contributed by atoms with Crippen LogP contribution >= 0.6 is 0 Å². The maximum atomic E-state index is 9.02. The quantitative estimate of drug-likeness (QED) is 0.832. The lowest BCUT2D eigenvalue weighted by molar-refractivity contribution is 0.106. The van der Waals surface area contributed by atoms with E-state index in [4.69, 9.17) is 5.11 Å². The molecular weight excluding hydrogens is 222 g/mol. The monoisotopic (exact) mass is 245 g/mol. The van der Waals surface area contributed by atoms with Crippen molar-refractivity contribution in [2.75, 3.05) is 19.7 Å². The van der Waals surface area contributed by atoms with E-state index in [0.29, 0.717) is 6.61 Å². The molecule has 0 aliphatic heterocycles. The number of aliphatic hydroxyl groups is 1. The van der Waals surface area contributed by atoms with Crippen molar-refractivity contribution in [2.24, 2.45) is 0 Å². The van der Waals surface area contributed by atoms with Crippen molar-refractivity contribution in [3.8, 4) is 0 Å². The molecule has 1 atom stereocenters. The molecule has 1 N–H and O–H groups in total. The summed E-state index contributed by atoms with van der Waals surface area (Å²) < 4.78 is 0. The van der Waals surface area contributed by atoms with E-state index in [1.165, 1.54) is 32.2 Å². The first-order valence-corrected chi connectivity index (χ1v) is 7.31. The highest BCUT2D eigenvalue weighted by Crippen LogP contribution is 2.37. The Balaban J connectivity index is 1.60. The third-order valence-electron chi connectivity index (χ3n) is 4.61. The molecule has 0 heterocycles. The summed E-state index contributed by atoms with van der Waals surface area (Å²) in [5.41, 5.74) is 3.10. The van der Waals surface area contributed by atoms with Crippen LogP contribution in [0.4, 0.5) is 0 Å². The second-order valence-corrected chi connectivity index (χ2v) is 5.76. The number of fused-ring (bicyclic) bond motifs is 1. The Bertz CT molecular complexity index is 400. The van der Waals surface area contributed by atoms with E-state index in [1.807, 2.05) is 0 Å². The van der Waals surface area contributed by atoms with Crippen LogP contribution in [0.2, 0.25) is 0 Å². The third-order valence-corrected chi connectivity index (χ3v) is 4.61. The van der Waals surface area contributed by atoms with Crippen LogP contribution in [0.1, 0.15) is 42.7 Å². The second kappa shape index (κ2) is 5.41. The van der Waals surface area contributed by atoms with E-state index >= 15 is 0 Å². The Morgan fingerprint density at radius 1 is 1.22 bits per heavy atom. The molecule has 2 nitrogen and oxygen atoms in total. The smallest absolute Gasteiger partial charge is 0.0443 e. The van der Waals surface area contributed by atoms with Crippen molar-refractivity contribution in [1.82, 2.24) is 4.90 Å². The van der Waals surface area contributed by atoms with Crippen molar-refractivity contribution >= 4 is 0 Å². The Morgan fingerprint density at radius 3 is 2.72 bits per heavy atom. The lowest BCUT2D eigenvalue weighted by atomic mass is 9.76. The Morgan fingerprint density at radius 2 is 2.06 bits per heavy atom. The predicted octanol–water partition coefficient (Wildman–Crippen LogP) is 2.56. The summed E-state index contributed by atoms with van der Waals surface area (Å²) in [4.78, 5) is 2.63. The summed E-state index contributed by atoms with van der Waals surface area (Å²) in [7, 11) is 0. The standard InChI is InChI=1S/C16H23NO/c18-10-4-9-17(15-6-3-7-15)12-14-11-13-5-1-2-8-16(13)14/h1-2,5,8,14-15,18H,3-4,6-7,9-12H2. The molecule has 0 spiro atoms. The van der Waals surface area contributed by atoms with Gasteiger partial charge in [-0.25, -0.2) is 0 Å². The summed E-state index contributed by atoms with van der Waals surface area (Å²) in [6, 6.07) is 9.64. The number of benzene rings is 1. The van der Waals surface area contributed by atoms with Crippen LogP contribution in [0.3, 0.4) is 0 Å². The van der Waals surface area contributed by atoms with Gasteiger partial charge in [0.15, 0.2) is 0 Å². The maximum absolute atomic E-state index is 9.02. The minimum atomic E-state index is 0.324. The SMILES string of the molecule is OCCCN(CC1Cc2ccccc21)C1CCC1. The fraction of sp³-hybridized carbons (Fsp3) is 0.625. The third kappa shape index (κ3) is 2.32. The lowest BCUT2D eigenvalue weighted by Crippen LogP contribution is -2.44. The minimum absolute atomic E-state index is 0.324. The molecule has 1 saturated carbocycles. The van der Waals surface area contributed by atoms with Gasteiger partial charge in [0.25, 0.3) is 0 Å². The summed E-state index contributed by atoms with van der Waals surface area (Å²) in [5, 5.41) is 9.02. The topological polar surface area (TPSA) is 23.5 Å². The van der Waals surface area contributed by atoms with Crippen LogP contribution in [-0.4, -0.2) is 35.7 Å². The molecule has 0 bridgehead atoms. The largest absolute Gasteiger partial charge is 0.396 e. The molecule has 2 heteroatoms. The average molecular weight is 245 g/mol. The van der Waals surface area contributed by atoms with E-state index in [0.717, 1.165) is 24.9 Å². The average Bonchev–Trinajstić information content (AvgIpc) is 2.30. The highest BCUT2D eigenvalue weighted by Gasteiger charge is 2.31. The normalized spacial score (nSPS) is 22.4. The Kier molecular flexibility index (Phi) is 3.67. The summed E-state index contributed by atoms with van der Waals surface area (Å²) >= 11 is 0. The molecule has 0 aromatic heterocycles. The number of hydrogen-bond acceptors (Lipinski definition) is 2. The first-order chi connectivity index (χ1) is 8.88. The van der Waals surface area contributed by atoms with E-state index in [1.54, 1.807) is 11.1 Å². The summed E-state index contributed by atoms with van der Waals surface area (Å²) in [5.74, 6) is 0.737. The van der Waals surface area contributed by atoms with Crippen molar-refractivity contribution in [3.63, 3.8) is 0 Å². The van der Waals surface area contributed by atoms with Gasteiger partial charge < -0.3 is 5.11 Å². The van der Waals surface area contributed by atoms with Gasteiger partial charge in [-0.15, -0.1) is 0 Å². The zero-order valence-electron chi connectivity index (χ0n) is 11.0. The summed E-state index contributed by atoms with van der Waals surface area (Å²) in [6.07, 6.45) is 6.28. The van der Waals surface area contributed by atoms with Gasteiger partial charge in [-0.05, 0) is 36.8 Å². The number of rotatable bonds is 6. The molecule has 2 aliphatic rings. The lowest BCUT2D eigenvalue weighted by Gasteiger charge is -2.42. The molecule has 3 rings (SSSR count). The van der Waals surface area contributed by atoms with E-state index in [9.17, 15) is 0 Å². The van der Waals surface area contributed by atoms with Crippen LogP contribution in [-0.2, 0) is 6.42 Å². The van der Waals surface area contributed by atoms with Crippen molar-refractivity contribution in [3.05, 3.63) is 35.4 Å². The van der Waals surface area contributed by atoms with Crippen LogP contribution in [0.25, 0.3) is 0 Å². The molecule has 98 valence electrons. The van der Waals surface area contributed by atoms with Crippen molar-refractivity contribution in [1.29, 1.82) is 0 Å². The van der Waals surface area contributed by atoms with Gasteiger partial charge in [0.2, 0.25) is 0 Å². The van der Waals surface area contributed by atoms with E-state index < -0.39 is 0 Å². The van der Waals surface area contributed by atoms with Gasteiger partial charge >= 0.3 is 0 Å². The molecule has 1 fully saturated rings. The number of hydrogen-bond donors (Lipinski definition) is 1. The van der Waals surface area contributed by atoms with Crippen molar-refractivity contribution < 1.29 is 5.11 Å². The zero-order valence-corrected chi connectivity index (χ0v) is 11.0. The second-order valence-electron chi connectivity index (χ2n) is 5.76. The fourth-order valence-corrected chi connectivity index (χ4v) is 3.26. The maximum Gasteiger partial charge on any atom is 0.0443 e. The first-order valence-electron chi connectivity index (χ1n) is 7.31. The van der Waals surface area contributed by atoms with Gasteiger partial charge in [0.1, 0.15) is 0 Å². The van der Waals surface area contributed by atoms with Crippen LogP contribution in [0.15, 0.2) is 24.3 Å². The van der Waals surface area contributed by atoms with Gasteiger partial charge in [-0.2, -0.15) is 0 Å². The minimum Gasteiger partial charge on any atom is -0.396 e. The van der Waals surface area contributed by atoms with Crippen LogP contribution in [0, 0.1) is 0 Å². The van der Waals surface area contributed by atoms with Gasteiger partial charge in [0, 0.05) is 31.7 Å². The number of nitrogens with zero attached hydrogens (tertiary/aromatic N) is 1.